The Morgan fingerprint density at radius 3 is 2.59 bits per heavy atom. The molecule has 148 valence electrons. The number of anilines is 1. The summed E-state index contributed by atoms with van der Waals surface area (Å²) in [5, 5.41) is 3.12. The number of nitrogens with one attached hydrogen (secondary N) is 1. The van der Waals surface area contributed by atoms with E-state index in [0.29, 0.717) is 6.42 Å². The van der Waals surface area contributed by atoms with E-state index >= 15 is 4.39 Å². The van der Waals surface area contributed by atoms with Crippen molar-refractivity contribution in [3.8, 4) is 0 Å². The average molecular weight is 398 g/mol. The molecule has 0 bridgehead atoms. The number of nitrogens with two attached hydrogens (primary N) is 2. The Labute approximate surface area is 164 Å². The van der Waals surface area contributed by atoms with Crippen LogP contribution in [0, 0.1) is 5.82 Å². The minimum absolute atomic E-state index is 0. The van der Waals surface area contributed by atoms with Gasteiger partial charge in [-0.25, -0.2) is 14.4 Å². The summed E-state index contributed by atoms with van der Waals surface area (Å²) in [5.41, 5.74) is 10.6. The first-order valence-corrected chi connectivity index (χ1v) is 8.76. The number of nitrogen functional groups attached to an aromatic ring is 1. The van der Waals surface area contributed by atoms with Crippen molar-refractivity contribution in [1.29, 1.82) is 0 Å². The maximum Gasteiger partial charge on any atom is 0.218 e. The van der Waals surface area contributed by atoms with E-state index in [1.54, 1.807) is 6.92 Å². The number of primary amides is 1. The summed E-state index contributed by atoms with van der Waals surface area (Å²) < 4.78 is 15.2. The molecule has 1 heterocycles. The summed E-state index contributed by atoms with van der Waals surface area (Å²) in [6.45, 7) is 3.63. The summed E-state index contributed by atoms with van der Waals surface area (Å²) in [5.74, 6) is -1.74. The van der Waals surface area contributed by atoms with Crippen LogP contribution in [0.15, 0.2) is 24.5 Å². The third kappa shape index (κ3) is 4.99. The molecule has 7 nitrogen and oxygen atoms in total. The third-order valence-corrected chi connectivity index (χ3v) is 4.34. The number of rotatable bonds is 8. The van der Waals surface area contributed by atoms with E-state index < -0.39 is 23.5 Å². The van der Waals surface area contributed by atoms with Crippen LogP contribution in [0.1, 0.15) is 57.2 Å². The second kappa shape index (κ2) is 8.88. The summed E-state index contributed by atoms with van der Waals surface area (Å²) >= 11 is 6.08. The molecule has 1 aromatic heterocycles. The number of ketones is 1. The second-order valence-corrected chi connectivity index (χ2v) is 6.59. The molecule has 0 aliphatic carbocycles. The Hall–Kier alpha value is -2.58. The molecule has 0 radical (unpaired) electrons. The summed E-state index contributed by atoms with van der Waals surface area (Å²) in [6, 6.07) is 2.28. The SMILES string of the molecule is CC[C@@H](N[C@@H](C)CC(N)=O)c1ccc(Cl)c(C(=O)c2cnc(N)cn2)c1F.[HH].[HH]. The van der Waals surface area contributed by atoms with Gasteiger partial charge in [0.1, 0.15) is 17.3 Å². The molecular weight excluding hydrogens is 373 g/mol. The van der Waals surface area contributed by atoms with E-state index in [-0.39, 0.29) is 43.0 Å². The van der Waals surface area contributed by atoms with Crippen molar-refractivity contribution in [2.75, 3.05) is 5.73 Å². The zero-order valence-corrected chi connectivity index (χ0v) is 15.8. The fourth-order valence-corrected chi connectivity index (χ4v) is 2.99. The molecule has 2 rings (SSSR count). The number of nitrogens with zero attached hydrogens (tertiary/aromatic N) is 2. The monoisotopic (exact) mass is 397 g/mol. The van der Waals surface area contributed by atoms with Crippen LogP contribution >= 0.6 is 11.6 Å². The van der Waals surface area contributed by atoms with Gasteiger partial charge in [-0.1, -0.05) is 24.6 Å². The van der Waals surface area contributed by atoms with Gasteiger partial charge < -0.3 is 16.8 Å². The Bertz CT molecular complexity index is 855. The highest BCUT2D eigenvalue weighted by molar-refractivity contribution is 6.34. The van der Waals surface area contributed by atoms with Crippen molar-refractivity contribution < 1.29 is 16.8 Å². The van der Waals surface area contributed by atoms with Crippen LogP contribution in [0.3, 0.4) is 0 Å². The van der Waals surface area contributed by atoms with Gasteiger partial charge >= 0.3 is 0 Å². The summed E-state index contributed by atoms with van der Waals surface area (Å²) in [6.07, 6.45) is 3.02. The van der Waals surface area contributed by atoms with Gasteiger partial charge in [-0.15, -0.1) is 0 Å². The molecule has 0 saturated heterocycles. The molecule has 0 aliphatic rings. The first-order valence-electron chi connectivity index (χ1n) is 8.39. The highest BCUT2D eigenvalue weighted by atomic mass is 35.5. The van der Waals surface area contributed by atoms with Crippen LogP contribution < -0.4 is 16.8 Å². The molecule has 0 aliphatic heterocycles. The van der Waals surface area contributed by atoms with Crippen LogP contribution in [-0.2, 0) is 4.79 Å². The lowest BCUT2D eigenvalue weighted by atomic mass is 9.97. The Morgan fingerprint density at radius 1 is 1.33 bits per heavy atom. The molecule has 0 fully saturated rings. The quantitative estimate of drug-likeness (QED) is 0.588. The molecule has 9 heteroatoms. The topological polar surface area (TPSA) is 124 Å². The van der Waals surface area contributed by atoms with Gasteiger partial charge in [0.25, 0.3) is 0 Å². The molecule has 0 unspecified atom stereocenters. The van der Waals surface area contributed by atoms with E-state index in [0.717, 1.165) is 0 Å². The van der Waals surface area contributed by atoms with Gasteiger partial charge in [0.05, 0.1) is 23.0 Å². The van der Waals surface area contributed by atoms with Crippen molar-refractivity contribution in [1.82, 2.24) is 15.3 Å². The first-order chi connectivity index (χ1) is 12.7. The third-order valence-electron chi connectivity index (χ3n) is 4.03. The van der Waals surface area contributed by atoms with E-state index in [9.17, 15) is 9.59 Å². The van der Waals surface area contributed by atoms with Crippen molar-refractivity contribution >= 4 is 29.1 Å². The molecular formula is C18H25ClFN5O2. The minimum atomic E-state index is -0.739. The zero-order chi connectivity index (χ0) is 20.1. The highest BCUT2D eigenvalue weighted by Gasteiger charge is 2.25. The maximum absolute atomic E-state index is 15.2. The fourth-order valence-electron chi connectivity index (χ4n) is 2.76. The van der Waals surface area contributed by atoms with Crippen LogP contribution in [-0.4, -0.2) is 27.7 Å². The second-order valence-electron chi connectivity index (χ2n) is 6.18. The van der Waals surface area contributed by atoms with Gasteiger partial charge in [-0.2, -0.15) is 0 Å². The highest BCUT2D eigenvalue weighted by Crippen LogP contribution is 2.29. The molecule has 2 atom stereocenters. The normalized spacial score (nSPS) is 13.2. The molecule has 1 amide bonds. The predicted molar refractivity (Wildman–Crippen MR) is 105 cm³/mol. The Morgan fingerprint density at radius 2 is 2.04 bits per heavy atom. The van der Waals surface area contributed by atoms with Gasteiger partial charge in [0.2, 0.25) is 11.7 Å². The number of aromatic nitrogens is 2. The summed E-state index contributed by atoms with van der Waals surface area (Å²) in [7, 11) is 0. The van der Waals surface area contributed by atoms with Crippen LogP contribution in [0.2, 0.25) is 5.02 Å². The Kier molecular flexibility index (Phi) is 6.81. The first kappa shape index (κ1) is 20.7. The number of hydrogen-bond acceptors (Lipinski definition) is 6. The molecule has 27 heavy (non-hydrogen) atoms. The zero-order valence-electron chi connectivity index (χ0n) is 15.0. The van der Waals surface area contributed by atoms with E-state index in [1.165, 1.54) is 24.5 Å². The Balaban J connectivity index is 0.00000392. The smallest absolute Gasteiger partial charge is 0.218 e. The standard InChI is InChI=1S/C18H21ClFN5O2.2H2/c1-3-12(25-9(2)6-15(22)26)10-4-5-11(19)16(17(10)20)18(27)13-7-24-14(21)8-23-13;;/h4-5,7-9,12,25H,3,6H2,1-2H3,(H2,21,24)(H2,22,26);2*1H/t9-,12+;;/m0../s1. The summed E-state index contributed by atoms with van der Waals surface area (Å²) in [4.78, 5) is 31.4. The molecule has 5 N–H and O–H groups in total. The van der Waals surface area contributed by atoms with Gasteiger partial charge in [-0.3, -0.25) is 9.59 Å². The maximum atomic E-state index is 15.2. The number of benzene rings is 1. The van der Waals surface area contributed by atoms with E-state index in [1.807, 2.05) is 6.92 Å². The van der Waals surface area contributed by atoms with E-state index in [2.05, 4.69) is 15.3 Å². The molecule has 0 saturated carbocycles. The molecule has 1 aromatic carbocycles. The van der Waals surface area contributed by atoms with Gasteiger partial charge in [0.15, 0.2) is 0 Å². The van der Waals surface area contributed by atoms with Crippen LogP contribution in [0.25, 0.3) is 0 Å². The molecule has 2 aromatic rings. The number of halogens is 2. The van der Waals surface area contributed by atoms with Gasteiger partial charge in [-0.05, 0) is 19.4 Å². The van der Waals surface area contributed by atoms with Gasteiger partial charge in [0, 0.05) is 26.9 Å². The lowest BCUT2D eigenvalue weighted by Crippen LogP contribution is -2.34. The largest absolute Gasteiger partial charge is 0.382 e. The van der Waals surface area contributed by atoms with Crippen LogP contribution in [0.5, 0.6) is 0 Å². The fraction of sp³-hybridized carbons (Fsp3) is 0.333. The van der Waals surface area contributed by atoms with Crippen molar-refractivity contribution in [3.63, 3.8) is 0 Å². The molecule has 0 spiro atoms. The van der Waals surface area contributed by atoms with E-state index in [4.69, 9.17) is 23.1 Å². The van der Waals surface area contributed by atoms with Crippen molar-refractivity contribution in [3.05, 3.63) is 52.2 Å². The van der Waals surface area contributed by atoms with Crippen molar-refractivity contribution in [2.24, 2.45) is 5.73 Å². The lowest BCUT2D eigenvalue weighted by molar-refractivity contribution is -0.118. The minimum Gasteiger partial charge on any atom is -0.382 e. The van der Waals surface area contributed by atoms with Crippen LogP contribution in [0.4, 0.5) is 10.2 Å². The predicted octanol–water partition coefficient (Wildman–Crippen LogP) is 2.88. The average Bonchev–Trinajstić information content (AvgIpc) is 2.60. The number of amides is 1. The number of carbonyl (C=O) groups is 2. The number of hydrogen-bond donors (Lipinski definition) is 3. The van der Waals surface area contributed by atoms with Crippen molar-refractivity contribution in [2.45, 2.75) is 38.8 Å². The number of carbonyl (C=O) groups excluding carboxylic acids is 2. The lowest BCUT2D eigenvalue weighted by Gasteiger charge is -2.23.